The van der Waals surface area contributed by atoms with Crippen LogP contribution in [-0.4, -0.2) is 18.4 Å². The molecule has 5 nitrogen and oxygen atoms in total. The van der Waals surface area contributed by atoms with Crippen LogP contribution in [0.4, 0.5) is 21.5 Å². The van der Waals surface area contributed by atoms with E-state index in [1.54, 1.807) is 12.1 Å². The van der Waals surface area contributed by atoms with E-state index in [4.69, 9.17) is 0 Å². The van der Waals surface area contributed by atoms with E-state index in [1.807, 2.05) is 12.1 Å². The zero-order chi connectivity index (χ0) is 16.7. The highest BCUT2D eigenvalue weighted by Gasteiger charge is 2.03. The molecule has 0 aliphatic heterocycles. The second kappa shape index (κ2) is 7.93. The third kappa shape index (κ3) is 5.78. The smallest absolute Gasteiger partial charge is 0.226 e. The summed E-state index contributed by atoms with van der Waals surface area (Å²) in [4.78, 5) is 22.8. The zero-order valence-electron chi connectivity index (χ0n) is 12.7. The highest BCUT2D eigenvalue weighted by atomic mass is 19.1. The molecule has 0 radical (unpaired) electrons. The van der Waals surface area contributed by atoms with E-state index in [2.05, 4.69) is 16.0 Å². The number of hydrogen-bond acceptors (Lipinski definition) is 3. The maximum absolute atomic E-state index is 12.8. The molecule has 2 amide bonds. The molecule has 0 heterocycles. The van der Waals surface area contributed by atoms with E-state index >= 15 is 0 Å². The Balaban J connectivity index is 1.79. The van der Waals surface area contributed by atoms with Crippen molar-refractivity contribution in [1.29, 1.82) is 0 Å². The highest BCUT2D eigenvalue weighted by molar-refractivity contribution is 5.91. The van der Waals surface area contributed by atoms with Gasteiger partial charge in [-0.2, -0.15) is 0 Å². The third-order valence-electron chi connectivity index (χ3n) is 2.99. The van der Waals surface area contributed by atoms with Gasteiger partial charge in [-0.05, 0) is 42.5 Å². The molecule has 0 bridgehead atoms. The van der Waals surface area contributed by atoms with Gasteiger partial charge in [0.05, 0.1) is 0 Å². The Kier molecular flexibility index (Phi) is 5.68. The first kappa shape index (κ1) is 16.5. The van der Waals surface area contributed by atoms with Crippen molar-refractivity contribution in [2.45, 2.75) is 13.3 Å². The molecule has 0 aromatic heterocycles. The van der Waals surface area contributed by atoms with Gasteiger partial charge in [-0.1, -0.05) is 6.07 Å². The van der Waals surface area contributed by atoms with Crippen molar-refractivity contribution in [3.63, 3.8) is 0 Å². The number of rotatable bonds is 6. The highest BCUT2D eigenvalue weighted by Crippen LogP contribution is 2.15. The first-order valence-corrected chi connectivity index (χ1v) is 7.20. The molecule has 6 heteroatoms. The summed E-state index contributed by atoms with van der Waals surface area (Å²) in [5.41, 5.74) is 2.06. The molecule has 0 aliphatic rings. The van der Waals surface area contributed by atoms with Crippen LogP contribution in [0.2, 0.25) is 0 Å². The summed E-state index contributed by atoms with van der Waals surface area (Å²) in [7, 11) is 0. The summed E-state index contributed by atoms with van der Waals surface area (Å²) in [5, 5.41) is 8.49. The van der Waals surface area contributed by atoms with Crippen LogP contribution in [0.3, 0.4) is 0 Å². The summed E-state index contributed by atoms with van der Waals surface area (Å²) in [6.45, 7) is 1.89. The lowest BCUT2D eigenvalue weighted by molar-refractivity contribution is -0.116. The van der Waals surface area contributed by atoms with Crippen molar-refractivity contribution < 1.29 is 14.0 Å². The molecule has 0 unspecified atom stereocenters. The van der Waals surface area contributed by atoms with E-state index in [0.717, 1.165) is 5.69 Å². The van der Waals surface area contributed by atoms with Crippen molar-refractivity contribution in [2.75, 3.05) is 22.5 Å². The second-order valence-electron chi connectivity index (χ2n) is 4.99. The normalized spacial score (nSPS) is 10.0. The van der Waals surface area contributed by atoms with Gasteiger partial charge < -0.3 is 16.0 Å². The maximum Gasteiger partial charge on any atom is 0.226 e. The van der Waals surface area contributed by atoms with Crippen molar-refractivity contribution in [1.82, 2.24) is 0 Å². The quantitative estimate of drug-likeness (QED) is 0.766. The number of nitrogens with one attached hydrogen (secondary N) is 3. The molecular formula is C17H18FN3O2. The van der Waals surface area contributed by atoms with Crippen molar-refractivity contribution in [3.05, 3.63) is 54.3 Å². The molecule has 2 rings (SSSR count). The standard InChI is InChI=1S/C17H18FN3O2/c1-12(22)20-16-4-2-3-15(11-16)19-10-9-17(23)21-14-7-5-13(18)6-8-14/h2-8,11,19H,9-10H2,1H3,(H,20,22)(H,21,23). The second-order valence-corrected chi connectivity index (χ2v) is 4.99. The van der Waals surface area contributed by atoms with Crippen LogP contribution >= 0.6 is 0 Å². The van der Waals surface area contributed by atoms with E-state index in [0.29, 0.717) is 17.9 Å². The summed E-state index contributed by atoms with van der Waals surface area (Å²) < 4.78 is 12.8. The molecule has 0 fully saturated rings. The SMILES string of the molecule is CC(=O)Nc1cccc(NCCC(=O)Nc2ccc(F)cc2)c1. The molecule has 3 N–H and O–H groups in total. The average Bonchev–Trinajstić information content (AvgIpc) is 2.49. The Morgan fingerprint density at radius 1 is 0.957 bits per heavy atom. The number of anilines is 3. The van der Waals surface area contributed by atoms with Crippen LogP contribution in [0.25, 0.3) is 0 Å². The number of benzene rings is 2. The molecular weight excluding hydrogens is 297 g/mol. The molecule has 0 atom stereocenters. The fourth-order valence-electron chi connectivity index (χ4n) is 1.99. The van der Waals surface area contributed by atoms with Gasteiger partial charge in [0, 0.05) is 37.0 Å². The van der Waals surface area contributed by atoms with E-state index in [9.17, 15) is 14.0 Å². The zero-order valence-corrected chi connectivity index (χ0v) is 12.7. The van der Waals surface area contributed by atoms with Crippen LogP contribution in [0.15, 0.2) is 48.5 Å². The van der Waals surface area contributed by atoms with Crippen LogP contribution in [0.5, 0.6) is 0 Å². The van der Waals surface area contributed by atoms with Gasteiger partial charge in [-0.3, -0.25) is 9.59 Å². The lowest BCUT2D eigenvalue weighted by atomic mass is 10.2. The largest absolute Gasteiger partial charge is 0.384 e. The number of carbonyl (C=O) groups excluding carboxylic acids is 2. The predicted octanol–water partition coefficient (Wildman–Crippen LogP) is 3.22. The fourth-order valence-corrected chi connectivity index (χ4v) is 1.99. The van der Waals surface area contributed by atoms with Gasteiger partial charge in [0.25, 0.3) is 0 Å². The molecule has 0 spiro atoms. The summed E-state index contributed by atoms with van der Waals surface area (Å²) in [6.07, 6.45) is 0.266. The molecule has 120 valence electrons. The Hall–Kier alpha value is -2.89. The fraction of sp³-hybridized carbons (Fsp3) is 0.176. The summed E-state index contributed by atoms with van der Waals surface area (Å²) in [6, 6.07) is 12.8. The van der Waals surface area contributed by atoms with E-state index < -0.39 is 0 Å². The third-order valence-corrected chi connectivity index (χ3v) is 2.99. The molecule has 0 aliphatic carbocycles. The number of amides is 2. The van der Waals surface area contributed by atoms with Gasteiger partial charge in [0.15, 0.2) is 0 Å². The minimum absolute atomic E-state index is 0.138. The van der Waals surface area contributed by atoms with Crippen molar-refractivity contribution in [3.8, 4) is 0 Å². The Morgan fingerprint density at radius 2 is 1.65 bits per heavy atom. The first-order chi connectivity index (χ1) is 11.0. The Bertz CT molecular complexity index is 686. The Morgan fingerprint density at radius 3 is 2.35 bits per heavy atom. The van der Waals surface area contributed by atoms with Crippen LogP contribution in [0.1, 0.15) is 13.3 Å². The molecule has 2 aromatic rings. The molecule has 0 saturated heterocycles. The van der Waals surface area contributed by atoms with Crippen LogP contribution in [0, 0.1) is 5.82 Å². The van der Waals surface area contributed by atoms with Gasteiger partial charge in [0.2, 0.25) is 11.8 Å². The lowest BCUT2D eigenvalue weighted by Crippen LogP contribution is -2.16. The maximum atomic E-state index is 12.8. The monoisotopic (exact) mass is 315 g/mol. The Labute approximate surface area is 133 Å². The van der Waals surface area contributed by atoms with Gasteiger partial charge in [-0.25, -0.2) is 4.39 Å². The van der Waals surface area contributed by atoms with Gasteiger partial charge in [0.1, 0.15) is 5.82 Å². The summed E-state index contributed by atoms with van der Waals surface area (Å²) in [5.74, 6) is -0.647. The molecule has 23 heavy (non-hydrogen) atoms. The van der Waals surface area contributed by atoms with Gasteiger partial charge >= 0.3 is 0 Å². The minimum Gasteiger partial charge on any atom is -0.384 e. The number of hydrogen-bond donors (Lipinski definition) is 3. The number of halogens is 1. The van der Waals surface area contributed by atoms with Crippen LogP contribution in [-0.2, 0) is 9.59 Å². The van der Waals surface area contributed by atoms with Crippen LogP contribution < -0.4 is 16.0 Å². The lowest BCUT2D eigenvalue weighted by Gasteiger charge is -2.09. The topological polar surface area (TPSA) is 70.2 Å². The minimum atomic E-state index is -0.344. The predicted molar refractivity (Wildman–Crippen MR) is 88.9 cm³/mol. The van der Waals surface area contributed by atoms with E-state index in [1.165, 1.54) is 31.2 Å². The molecule has 2 aromatic carbocycles. The average molecular weight is 315 g/mol. The van der Waals surface area contributed by atoms with Crippen molar-refractivity contribution in [2.24, 2.45) is 0 Å². The van der Waals surface area contributed by atoms with Crippen molar-refractivity contribution >= 4 is 28.9 Å². The molecule has 0 saturated carbocycles. The van der Waals surface area contributed by atoms with E-state index in [-0.39, 0.29) is 24.1 Å². The summed E-state index contributed by atoms with van der Waals surface area (Å²) >= 11 is 0. The van der Waals surface area contributed by atoms with Gasteiger partial charge in [-0.15, -0.1) is 0 Å². The number of carbonyl (C=O) groups is 2. The first-order valence-electron chi connectivity index (χ1n) is 7.20.